The van der Waals surface area contributed by atoms with Gasteiger partial charge < -0.3 is 25.3 Å². The smallest absolute Gasteiger partial charge is 0.196 e. The summed E-state index contributed by atoms with van der Waals surface area (Å²) in [7, 11) is 0. The highest BCUT2D eigenvalue weighted by atomic mass is 35.5. The van der Waals surface area contributed by atoms with Crippen molar-refractivity contribution in [3.63, 3.8) is 0 Å². The van der Waals surface area contributed by atoms with E-state index < -0.39 is 12.2 Å². The Morgan fingerprint density at radius 2 is 1.85 bits per heavy atom. The molecule has 4 aromatic rings. The number of fused-ring (bicyclic) bond motifs is 1. The first-order valence-corrected chi connectivity index (χ1v) is 11.4. The molecule has 0 saturated heterocycles. The van der Waals surface area contributed by atoms with Crippen LogP contribution in [0.1, 0.15) is 35.2 Å². The summed E-state index contributed by atoms with van der Waals surface area (Å²) in [6.45, 7) is 0. The van der Waals surface area contributed by atoms with Gasteiger partial charge in [0.15, 0.2) is 5.78 Å². The van der Waals surface area contributed by atoms with E-state index in [2.05, 4.69) is 20.3 Å². The predicted octanol–water partition coefficient (Wildman–Crippen LogP) is 4.32. The van der Waals surface area contributed by atoms with E-state index in [4.69, 9.17) is 16.3 Å². The summed E-state index contributed by atoms with van der Waals surface area (Å²) in [4.78, 5) is 25.1. The monoisotopic (exact) mass is 478 g/mol. The number of halogens is 1. The lowest BCUT2D eigenvalue weighted by atomic mass is 9.90. The third-order valence-electron chi connectivity index (χ3n) is 6.00. The van der Waals surface area contributed by atoms with Crippen LogP contribution in [0.5, 0.6) is 11.5 Å². The number of ether oxygens (including phenoxy) is 1. The van der Waals surface area contributed by atoms with Crippen LogP contribution >= 0.6 is 11.6 Å². The van der Waals surface area contributed by atoms with E-state index in [1.165, 1.54) is 6.33 Å². The molecule has 0 radical (unpaired) electrons. The molecule has 8 nitrogen and oxygen atoms in total. The Bertz CT molecular complexity index is 1330. The van der Waals surface area contributed by atoms with Gasteiger partial charge in [-0.05, 0) is 43.5 Å². The Hall–Kier alpha value is -3.46. The summed E-state index contributed by atoms with van der Waals surface area (Å²) in [5, 5.41) is 24.0. The van der Waals surface area contributed by atoms with Gasteiger partial charge >= 0.3 is 0 Å². The Kier molecular flexibility index (Phi) is 6.19. The quantitative estimate of drug-likeness (QED) is 0.304. The number of carbonyl (C=O) groups excluding carboxylic acids is 1. The fourth-order valence-corrected chi connectivity index (χ4v) is 4.48. The summed E-state index contributed by atoms with van der Waals surface area (Å²) < 4.78 is 5.80. The van der Waals surface area contributed by atoms with Crippen LogP contribution in [0.25, 0.3) is 11.0 Å². The molecule has 1 saturated carbocycles. The van der Waals surface area contributed by atoms with Crippen molar-refractivity contribution in [1.29, 1.82) is 0 Å². The maximum Gasteiger partial charge on any atom is 0.196 e. The standard InChI is InChI=1S/C25H23ClN4O4/c26-19-11-16(34-15-4-2-1-3-5-15)7-8-17(19)23(33)18-12-27-24-22(18)25(29-13-28-24)30-14-6-9-20(31)21(32)10-14/h1-5,7-8,11-14,20-21,31-32H,6,9-10H2,(H2,27,28,29,30)/t14-,20+,21-/m0/s1. The van der Waals surface area contributed by atoms with Crippen LogP contribution in [0.3, 0.4) is 0 Å². The lowest BCUT2D eigenvalue weighted by Crippen LogP contribution is -2.39. The summed E-state index contributed by atoms with van der Waals surface area (Å²) in [5.74, 6) is 1.40. The first-order valence-electron chi connectivity index (χ1n) is 11.0. The van der Waals surface area contributed by atoms with Gasteiger partial charge in [-0.25, -0.2) is 9.97 Å². The molecule has 0 aliphatic heterocycles. The number of aromatic amines is 1. The maximum absolute atomic E-state index is 13.4. The topological polar surface area (TPSA) is 120 Å². The van der Waals surface area contributed by atoms with Crippen molar-refractivity contribution in [2.75, 3.05) is 5.32 Å². The minimum absolute atomic E-state index is 0.0904. The van der Waals surface area contributed by atoms with Crippen LogP contribution in [0.4, 0.5) is 5.82 Å². The molecule has 3 atom stereocenters. The average molecular weight is 479 g/mol. The van der Waals surface area contributed by atoms with Crippen molar-refractivity contribution in [3.8, 4) is 11.5 Å². The zero-order valence-corrected chi connectivity index (χ0v) is 18.9. The van der Waals surface area contributed by atoms with Gasteiger partial charge in [0.1, 0.15) is 29.3 Å². The molecule has 34 heavy (non-hydrogen) atoms. The summed E-state index contributed by atoms with van der Waals surface area (Å²) >= 11 is 6.47. The van der Waals surface area contributed by atoms with E-state index in [-0.39, 0.29) is 16.8 Å². The number of benzene rings is 2. The van der Waals surface area contributed by atoms with Crippen molar-refractivity contribution in [1.82, 2.24) is 15.0 Å². The first kappa shape index (κ1) is 22.3. The molecule has 0 spiro atoms. The largest absolute Gasteiger partial charge is 0.457 e. The number of hydrogen-bond donors (Lipinski definition) is 4. The van der Waals surface area contributed by atoms with E-state index in [0.29, 0.717) is 58.7 Å². The van der Waals surface area contributed by atoms with Gasteiger partial charge in [-0.15, -0.1) is 0 Å². The van der Waals surface area contributed by atoms with Gasteiger partial charge in [-0.2, -0.15) is 0 Å². The van der Waals surface area contributed by atoms with Crippen LogP contribution in [-0.2, 0) is 0 Å². The second-order valence-electron chi connectivity index (χ2n) is 8.32. The van der Waals surface area contributed by atoms with Crippen LogP contribution < -0.4 is 10.1 Å². The Labute approximate surface area is 200 Å². The van der Waals surface area contributed by atoms with Crippen LogP contribution in [-0.4, -0.2) is 49.2 Å². The molecule has 0 bridgehead atoms. The second kappa shape index (κ2) is 9.42. The number of hydrogen-bond acceptors (Lipinski definition) is 7. The van der Waals surface area contributed by atoms with Crippen LogP contribution in [0.2, 0.25) is 5.02 Å². The van der Waals surface area contributed by atoms with Crippen molar-refractivity contribution < 1.29 is 19.7 Å². The normalized spacial score (nSPS) is 20.3. The number of aliphatic hydroxyl groups excluding tert-OH is 2. The maximum atomic E-state index is 13.4. The van der Waals surface area contributed by atoms with Crippen LogP contribution in [0, 0.1) is 0 Å². The fraction of sp³-hybridized carbons (Fsp3) is 0.240. The van der Waals surface area contributed by atoms with Crippen molar-refractivity contribution >= 4 is 34.2 Å². The van der Waals surface area contributed by atoms with Gasteiger partial charge in [0.25, 0.3) is 0 Å². The van der Waals surface area contributed by atoms with E-state index in [1.807, 2.05) is 30.3 Å². The number of aromatic nitrogens is 3. The minimum Gasteiger partial charge on any atom is -0.457 e. The van der Waals surface area contributed by atoms with E-state index in [9.17, 15) is 15.0 Å². The zero-order chi connectivity index (χ0) is 23.7. The van der Waals surface area contributed by atoms with Crippen molar-refractivity contribution in [2.24, 2.45) is 0 Å². The third-order valence-corrected chi connectivity index (χ3v) is 6.31. The number of para-hydroxylation sites is 1. The fourth-order valence-electron chi connectivity index (χ4n) is 4.22. The number of rotatable bonds is 6. The predicted molar refractivity (Wildman–Crippen MR) is 129 cm³/mol. The highest BCUT2D eigenvalue weighted by Gasteiger charge is 2.29. The summed E-state index contributed by atoms with van der Waals surface area (Å²) in [5.41, 5.74) is 1.22. The molecule has 0 unspecified atom stereocenters. The number of carbonyl (C=O) groups is 1. The number of nitrogens with zero attached hydrogens (tertiary/aromatic N) is 2. The summed E-state index contributed by atoms with van der Waals surface area (Å²) in [6, 6.07) is 14.2. The minimum atomic E-state index is -0.800. The van der Waals surface area contributed by atoms with Crippen LogP contribution in [0.15, 0.2) is 61.1 Å². The number of aliphatic hydroxyl groups is 2. The van der Waals surface area contributed by atoms with Gasteiger partial charge in [0.2, 0.25) is 0 Å². The van der Waals surface area contributed by atoms with Gasteiger partial charge in [-0.3, -0.25) is 4.79 Å². The molecule has 1 aliphatic carbocycles. The molecule has 0 amide bonds. The number of H-pyrrole nitrogens is 1. The Morgan fingerprint density at radius 1 is 1.03 bits per heavy atom. The van der Waals surface area contributed by atoms with Crippen molar-refractivity contribution in [3.05, 3.63) is 77.2 Å². The number of anilines is 1. The first-order chi connectivity index (χ1) is 16.5. The molecular weight excluding hydrogens is 456 g/mol. The highest BCUT2D eigenvalue weighted by molar-refractivity contribution is 6.35. The van der Waals surface area contributed by atoms with Gasteiger partial charge in [0, 0.05) is 23.9 Å². The molecule has 2 aromatic carbocycles. The number of nitrogens with one attached hydrogen (secondary N) is 2. The molecule has 1 fully saturated rings. The molecular formula is C25H23ClN4O4. The van der Waals surface area contributed by atoms with E-state index in [1.54, 1.807) is 24.4 Å². The SMILES string of the molecule is O=C(c1ccc(Oc2ccccc2)cc1Cl)c1c[nH]c2ncnc(N[C@H]3CC[C@@H](O)[C@@H](O)C3)c12. The lowest BCUT2D eigenvalue weighted by Gasteiger charge is -2.31. The molecule has 4 N–H and O–H groups in total. The second-order valence-corrected chi connectivity index (χ2v) is 8.73. The average Bonchev–Trinajstić information content (AvgIpc) is 3.27. The Balaban J connectivity index is 1.42. The number of ketones is 1. The molecule has 2 aromatic heterocycles. The molecule has 9 heteroatoms. The van der Waals surface area contributed by atoms with E-state index in [0.717, 1.165) is 0 Å². The third kappa shape index (κ3) is 4.48. The molecule has 2 heterocycles. The summed E-state index contributed by atoms with van der Waals surface area (Å²) in [6.07, 6.45) is 3.03. The van der Waals surface area contributed by atoms with Gasteiger partial charge in [-0.1, -0.05) is 29.8 Å². The Morgan fingerprint density at radius 3 is 2.62 bits per heavy atom. The molecule has 1 aliphatic rings. The molecule has 174 valence electrons. The van der Waals surface area contributed by atoms with Gasteiger partial charge in [0.05, 0.1) is 28.2 Å². The highest BCUT2D eigenvalue weighted by Crippen LogP contribution is 2.32. The lowest BCUT2D eigenvalue weighted by molar-refractivity contribution is -0.0120. The van der Waals surface area contributed by atoms with E-state index >= 15 is 0 Å². The molecule has 5 rings (SSSR count). The zero-order valence-electron chi connectivity index (χ0n) is 18.1. The van der Waals surface area contributed by atoms with Crippen molar-refractivity contribution in [2.45, 2.75) is 37.5 Å².